The van der Waals surface area contributed by atoms with Gasteiger partial charge in [-0.15, -0.1) is 0 Å². The van der Waals surface area contributed by atoms with Crippen LogP contribution in [0.3, 0.4) is 0 Å². The summed E-state index contributed by atoms with van der Waals surface area (Å²) in [5.41, 5.74) is 0.859. The predicted molar refractivity (Wildman–Crippen MR) is 76.5 cm³/mol. The molecule has 2 aliphatic heterocycles. The van der Waals surface area contributed by atoms with Gasteiger partial charge in [0.2, 0.25) is 12.7 Å². The Hall–Kier alpha value is -1.62. The molecule has 0 bridgehead atoms. The molecule has 2 heterocycles. The maximum atomic E-state index is 11.3. The molecule has 5 nitrogen and oxygen atoms in total. The normalized spacial score (nSPS) is 18.2. The van der Waals surface area contributed by atoms with Crippen LogP contribution in [0.1, 0.15) is 19.8 Å². The fraction of sp³-hybridized carbons (Fsp3) is 0.500. The molecule has 0 aliphatic carbocycles. The van der Waals surface area contributed by atoms with Gasteiger partial charge in [-0.05, 0) is 12.8 Å². The second-order valence-electron chi connectivity index (χ2n) is 5.11. The summed E-state index contributed by atoms with van der Waals surface area (Å²) in [7, 11) is 0. The van der Waals surface area contributed by atoms with Gasteiger partial charge in [0.05, 0.1) is 10.7 Å². The molecule has 108 valence electrons. The largest absolute Gasteiger partial charge is 0.454 e. The molecule has 1 amide bonds. The number of ether oxygens (including phenoxy) is 2. The number of likely N-dealkylation sites (tertiary alicyclic amines) is 1. The number of benzene rings is 1. The van der Waals surface area contributed by atoms with Gasteiger partial charge in [-0.25, -0.2) is 0 Å². The highest BCUT2D eigenvalue weighted by molar-refractivity contribution is 6.33. The topological polar surface area (TPSA) is 50.8 Å². The Bertz CT molecular complexity index is 527. The number of carbonyl (C=O) groups excluding carboxylic acids is 1. The summed E-state index contributed by atoms with van der Waals surface area (Å²) in [6.45, 7) is 3.43. The third-order valence-corrected chi connectivity index (χ3v) is 4.07. The van der Waals surface area contributed by atoms with Crippen LogP contribution in [0.25, 0.3) is 0 Å². The smallest absolute Gasteiger partial charge is 0.231 e. The number of piperidine rings is 1. The lowest BCUT2D eigenvalue weighted by atomic mass is 10.0. The summed E-state index contributed by atoms with van der Waals surface area (Å²) in [5.74, 6) is 1.55. The van der Waals surface area contributed by atoms with Gasteiger partial charge in [0.1, 0.15) is 0 Å². The lowest BCUT2D eigenvalue weighted by Gasteiger charge is -2.32. The number of nitrogens with one attached hydrogen (secondary N) is 1. The van der Waals surface area contributed by atoms with Gasteiger partial charge in [-0.2, -0.15) is 0 Å². The van der Waals surface area contributed by atoms with E-state index in [4.69, 9.17) is 21.1 Å². The molecule has 0 spiro atoms. The zero-order chi connectivity index (χ0) is 14.1. The highest BCUT2D eigenvalue weighted by atomic mass is 35.5. The van der Waals surface area contributed by atoms with Crippen LogP contribution in [-0.4, -0.2) is 36.7 Å². The van der Waals surface area contributed by atoms with E-state index in [1.54, 1.807) is 13.0 Å². The Kier molecular flexibility index (Phi) is 3.61. The third kappa shape index (κ3) is 2.63. The Morgan fingerprint density at radius 3 is 2.60 bits per heavy atom. The van der Waals surface area contributed by atoms with Crippen LogP contribution in [0.4, 0.5) is 5.69 Å². The molecule has 20 heavy (non-hydrogen) atoms. The number of nitrogens with zero attached hydrogens (tertiary/aromatic N) is 1. The molecule has 1 fully saturated rings. The zero-order valence-corrected chi connectivity index (χ0v) is 12.1. The van der Waals surface area contributed by atoms with Crippen molar-refractivity contribution in [2.75, 3.05) is 25.2 Å². The van der Waals surface area contributed by atoms with Crippen molar-refractivity contribution in [2.45, 2.75) is 25.8 Å². The van der Waals surface area contributed by atoms with E-state index in [1.807, 2.05) is 11.0 Å². The summed E-state index contributed by atoms with van der Waals surface area (Å²) in [6, 6.07) is 3.97. The molecule has 2 aliphatic rings. The van der Waals surface area contributed by atoms with E-state index in [0.717, 1.165) is 37.4 Å². The van der Waals surface area contributed by atoms with E-state index in [2.05, 4.69) is 5.32 Å². The van der Waals surface area contributed by atoms with Gasteiger partial charge < -0.3 is 19.7 Å². The fourth-order valence-corrected chi connectivity index (χ4v) is 2.79. The first-order valence-corrected chi connectivity index (χ1v) is 7.12. The van der Waals surface area contributed by atoms with Gasteiger partial charge in [-0.1, -0.05) is 11.6 Å². The number of rotatable bonds is 2. The number of anilines is 1. The summed E-state index contributed by atoms with van der Waals surface area (Å²) >= 11 is 6.24. The van der Waals surface area contributed by atoms with Crippen LogP contribution < -0.4 is 14.8 Å². The molecule has 3 rings (SSSR count). The monoisotopic (exact) mass is 296 g/mol. The van der Waals surface area contributed by atoms with Crippen molar-refractivity contribution >= 4 is 23.2 Å². The molecule has 1 saturated heterocycles. The minimum Gasteiger partial charge on any atom is -0.454 e. The number of amides is 1. The number of halogens is 1. The summed E-state index contributed by atoms with van der Waals surface area (Å²) in [4.78, 5) is 13.2. The number of hydrogen-bond acceptors (Lipinski definition) is 4. The van der Waals surface area contributed by atoms with Gasteiger partial charge in [0.15, 0.2) is 11.5 Å². The van der Waals surface area contributed by atoms with E-state index in [1.165, 1.54) is 0 Å². The SMILES string of the molecule is CC(=O)N1CCC(Nc2cc3c(cc2Cl)OCO3)CC1. The van der Waals surface area contributed by atoms with E-state index in [9.17, 15) is 4.79 Å². The van der Waals surface area contributed by atoms with E-state index in [-0.39, 0.29) is 12.7 Å². The summed E-state index contributed by atoms with van der Waals surface area (Å²) in [6.07, 6.45) is 1.84. The lowest BCUT2D eigenvalue weighted by molar-refractivity contribution is -0.129. The highest BCUT2D eigenvalue weighted by Gasteiger charge is 2.22. The third-order valence-electron chi connectivity index (χ3n) is 3.76. The average molecular weight is 297 g/mol. The zero-order valence-electron chi connectivity index (χ0n) is 11.3. The van der Waals surface area contributed by atoms with Gasteiger partial charge in [-0.3, -0.25) is 4.79 Å². The molecular formula is C14H17ClN2O3. The molecule has 0 unspecified atom stereocenters. The van der Waals surface area contributed by atoms with Crippen LogP contribution in [-0.2, 0) is 4.79 Å². The second kappa shape index (κ2) is 5.40. The standard InChI is InChI=1S/C14H17ClN2O3/c1-9(18)17-4-2-10(3-5-17)16-12-7-14-13(6-11(12)15)19-8-20-14/h6-7,10,16H,2-5,8H2,1H3. The van der Waals surface area contributed by atoms with E-state index in [0.29, 0.717) is 16.8 Å². The van der Waals surface area contributed by atoms with Crippen molar-refractivity contribution in [3.63, 3.8) is 0 Å². The molecule has 0 atom stereocenters. The molecule has 0 aromatic heterocycles. The molecule has 1 N–H and O–H groups in total. The van der Waals surface area contributed by atoms with Gasteiger partial charge in [0.25, 0.3) is 0 Å². The van der Waals surface area contributed by atoms with Crippen LogP contribution in [0.2, 0.25) is 5.02 Å². The van der Waals surface area contributed by atoms with Crippen molar-refractivity contribution in [2.24, 2.45) is 0 Å². The van der Waals surface area contributed by atoms with Crippen LogP contribution in [0, 0.1) is 0 Å². The maximum Gasteiger partial charge on any atom is 0.231 e. The van der Waals surface area contributed by atoms with Crippen molar-refractivity contribution in [3.05, 3.63) is 17.2 Å². The van der Waals surface area contributed by atoms with Crippen LogP contribution in [0.5, 0.6) is 11.5 Å². The molecular weight excluding hydrogens is 280 g/mol. The lowest BCUT2D eigenvalue weighted by Crippen LogP contribution is -2.41. The maximum absolute atomic E-state index is 11.3. The first-order chi connectivity index (χ1) is 9.63. The molecule has 0 saturated carbocycles. The molecule has 1 aromatic carbocycles. The Labute approximate surface area is 122 Å². The van der Waals surface area contributed by atoms with Crippen molar-refractivity contribution in [1.82, 2.24) is 4.90 Å². The minimum absolute atomic E-state index is 0.143. The summed E-state index contributed by atoms with van der Waals surface area (Å²) in [5, 5.41) is 4.06. The first kappa shape index (κ1) is 13.4. The van der Waals surface area contributed by atoms with Crippen LogP contribution in [0.15, 0.2) is 12.1 Å². The molecule has 6 heteroatoms. The van der Waals surface area contributed by atoms with Crippen molar-refractivity contribution in [1.29, 1.82) is 0 Å². The number of fused-ring (bicyclic) bond motifs is 1. The fourth-order valence-electron chi connectivity index (χ4n) is 2.59. The Morgan fingerprint density at radius 1 is 1.30 bits per heavy atom. The average Bonchev–Trinajstić information content (AvgIpc) is 2.87. The first-order valence-electron chi connectivity index (χ1n) is 6.74. The quantitative estimate of drug-likeness (QED) is 0.911. The highest BCUT2D eigenvalue weighted by Crippen LogP contribution is 2.39. The number of carbonyl (C=O) groups is 1. The van der Waals surface area contributed by atoms with E-state index < -0.39 is 0 Å². The minimum atomic E-state index is 0.143. The van der Waals surface area contributed by atoms with Crippen molar-refractivity contribution in [3.8, 4) is 11.5 Å². The van der Waals surface area contributed by atoms with E-state index >= 15 is 0 Å². The Balaban J connectivity index is 1.66. The summed E-state index contributed by atoms with van der Waals surface area (Å²) < 4.78 is 10.6. The van der Waals surface area contributed by atoms with Gasteiger partial charge in [0, 0.05) is 38.2 Å². The molecule has 1 aromatic rings. The molecule has 0 radical (unpaired) electrons. The van der Waals surface area contributed by atoms with Crippen LogP contribution >= 0.6 is 11.6 Å². The van der Waals surface area contributed by atoms with Crippen molar-refractivity contribution < 1.29 is 14.3 Å². The number of hydrogen-bond donors (Lipinski definition) is 1. The Morgan fingerprint density at radius 2 is 1.95 bits per heavy atom. The second-order valence-corrected chi connectivity index (χ2v) is 5.52. The predicted octanol–water partition coefficient (Wildman–Crippen LogP) is 2.49. The van der Waals surface area contributed by atoms with Gasteiger partial charge >= 0.3 is 0 Å².